The van der Waals surface area contributed by atoms with Crippen molar-refractivity contribution < 1.29 is 9.90 Å². The van der Waals surface area contributed by atoms with Crippen LogP contribution in [0.3, 0.4) is 0 Å². The lowest BCUT2D eigenvalue weighted by atomic mass is 9.94. The molecule has 0 bridgehead atoms. The van der Waals surface area contributed by atoms with Gasteiger partial charge < -0.3 is 15.7 Å². The van der Waals surface area contributed by atoms with Crippen LogP contribution in [0.1, 0.15) is 32.1 Å². The summed E-state index contributed by atoms with van der Waals surface area (Å²) >= 11 is 0. The molecule has 1 saturated carbocycles. The molecule has 4 nitrogen and oxygen atoms in total. The topological polar surface area (TPSA) is 66.6 Å². The number of nitrogens with zero attached hydrogens (tertiary/aromatic N) is 1. The third kappa shape index (κ3) is 3.26. The van der Waals surface area contributed by atoms with E-state index in [0.717, 1.165) is 31.4 Å². The molecule has 0 aromatic heterocycles. The van der Waals surface area contributed by atoms with Crippen molar-refractivity contribution in [1.29, 1.82) is 0 Å². The van der Waals surface area contributed by atoms with E-state index in [2.05, 4.69) is 0 Å². The number of hydrogen-bond donors (Lipinski definition) is 2. The number of carbonyl (C=O) groups is 1. The minimum absolute atomic E-state index is 0.0328. The Morgan fingerprint density at radius 1 is 1.21 bits per heavy atom. The predicted octanol–water partition coefficient (Wildman–Crippen LogP) is 2.26. The lowest BCUT2D eigenvalue weighted by molar-refractivity contribution is -0.122. The smallest absolute Gasteiger partial charge is 0.231 e. The first-order chi connectivity index (χ1) is 9.09. The highest BCUT2D eigenvalue weighted by Crippen LogP contribution is 2.26. The van der Waals surface area contributed by atoms with Gasteiger partial charge in [0.05, 0.1) is 5.92 Å². The maximum Gasteiger partial charge on any atom is 0.231 e. The molecule has 0 saturated heterocycles. The fourth-order valence-corrected chi connectivity index (χ4v) is 2.70. The molecule has 104 valence electrons. The number of aromatic hydroxyl groups is 1. The molecular formula is C15H22N2O2. The molecule has 1 aromatic rings. The van der Waals surface area contributed by atoms with Gasteiger partial charge in [0.2, 0.25) is 5.91 Å². The molecule has 19 heavy (non-hydrogen) atoms. The van der Waals surface area contributed by atoms with Crippen LogP contribution in [0.4, 0.5) is 5.69 Å². The van der Waals surface area contributed by atoms with Crippen LogP contribution < -0.4 is 10.6 Å². The Hall–Kier alpha value is -1.55. The molecule has 0 heterocycles. The van der Waals surface area contributed by atoms with E-state index in [0.29, 0.717) is 0 Å². The molecule has 0 aliphatic heterocycles. The normalized spacial score (nSPS) is 23.7. The van der Waals surface area contributed by atoms with E-state index >= 15 is 0 Å². The van der Waals surface area contributed by atoms with Crippen LogP contribution in [-0.4, -0.2) is 24.1 Å². The number of anilines is 1. The van der Waals surface area contributed by atoms with Gasteiger partial charge in [-0.05, 0) is 37.1 Å². The quantitative estimate of drug-likeness (QED) is 0.803. The minimum Gasteiger partial charge on any atom is -0.508 e. The molecule has 1 aliphatic carbocycles. The van der Waals surface area contributed by atoms with E-state index in [1.54, 1.807) is 36.2 Å². The van der Waals surface area contributed by atoms with Crippen molar-refractivity contribution in [2.45, 2.75) is 38.1 Å². The molecule has 1 amide bonds. The van der Waals surface area contributed by atoms with E-state index in [-0.39, 0.29) is 23.6 Å². The standard InChI is InChI=1S/C15H22N2O2/c1-17(11-7-9-12(18)10-8-11)15(19)13-5-3-2-4-6-14(13)16/h7-10,13-14,18H,2-6,16H2,1H3. The monoisotopic (exact) mass is 262 g/mol. The molecule has 4 heteroatoms. The molecular weight excluding hydrogens is 240 g/mol. The van der Waals surface area contributed by atoms with Crippen molar-refractivity contribution in [3.05, 3.63) is 24.3 Å². The number of amides is 1. The van der Waals surface area contributed by atoms with Gasteiger partial charge in [0.15, 0.2) is 0 Å². The molecule has 1 aromatic carbocycles. The summed E-state index contributed by atoms with van der Waals surface area (Å²) in [5.41, 5.74) is 6.92. The van der Waals surface area contributed by atoms with Crippen LogP contribution in [0.2, 0.25) is 0 Å². The van der Waals surface area contributed by atoms with Crippen LogP contribution in [-0.2, 0) is 4.79 Å². The van der Waals surface area contributed by atoms with Crippen molar-refractivity contribution >= 4 is 11.6 Å². The first-order valence-electron chi connectivity index (χ1n) is 6.92. The summed E-state index contributed by atoms with van der Waals surface area (Å²) in [6.45, 7) is 0. The number of carbonyl (C=O) groups excluding carboxylic acids is 1. The number of hydrogen-bond acceptors (Lipinski definition) is 3. The lowest BCUT2D eigenvalue weighted by Gasteiger charge is -2.26. The van der Waals surface area contributed by atoms with Crippen LogP contribution in [0.5, 0.6) is 5.75 Å². The third-order valence-corrected chi connectivity index (χ3v) is 3.95. The Morgan fingerprint density at radius 2 is 1.84 bits per heavy atom. The zero-order valence-corrected chi connectivity index (χ0v) is 11.4. The number of rotatable bonds is 2. The van der Waals surface area contributed by atoms with Gasteiger partial charge in [0, 0.05) is 18.8 Å². The Labute approximate surface area is 114 Å². The fourth-order valence-electron chi connectivity index (χ4n) is 2.70. The molecule has 2 rings (SSSR count). The number of benzene rings is 1. The van der Waals surface area contributed by atoms with Gasteiger partial charge in [-0.2, -0.15) is 0 Å². The van der Waals surface area contributed by atoms with Crippen molar-refractivity contribution in [2.24, 2.45) is 11.7 Å². The molecule has 0 radical (unpaired) electrons. The molecule has 1 aliphatic rings. The molecule has 2 unspecified atom stereocenters. The zero-order chi connectivity index (χ0) is 13.8. The van der Waals surface area contributed by atoms with Crippen molar-refractivity contribution in [3.63, 3.8) is 0 Å². The largest absolute Gasteiger partial charge is 0.508 e. The number of phenolic OH excluding ortho intramolecular Hbond substituents is 1. The summed E-state index contributed by atoms with van der Waals surface area (Å²) in [5.74, 6) is 0.206. The average molecular weight is 262 g/mol. The van der Waals surface area contributed by atoms with Crippen LogP contribution in [0, 0.1) is 5.92 Å². The van der Waals surface area contributed by atoms with E-state index in [9.17, 15) is 9.90 Å². The zero-order valence-electron chi connectivity index (χ0n) is 11.4. The van der Waals surface area contributed by atoms with E-state index < -0.39 is 0 Å². The summed E-state index contributed by atoms with van der Waals surface area (Å²) in [4.78, 5) is 14.2. The van der Waals surface area contributed by atoms with E-state index in [4.69, 9.17) is 5.73 Å². The summed E-state index contributed by atoms with van der Waals surface area (Å²) in [6.07, 6.45) is 5.17. The fraction of sp³-hybridized carbons (Fsp3) is 0.533. The van der Waals surface area contributed by atoms with Gasteiger partial charge in [0.25, 0.3) is 0 Å². The highest BCUT2D eigenvalue weighted by atomic mass is 16.3. The van der Waals surface area contributed by atoms with Gasteiger partial charge in [0.1, 0.15) is 5.75 Å². The molecule has 3 N–H and O–H groups in total. The second kappa shape index (κ2) is 6.06. The molecule has 0 spiro atoms. The Kier molecular flexibility index (Phi) is 4.43. The number of nitrogens with two attached hydrogens (primary N) is 1. The average Bonchev–Trinajstić information content (AvgIpc) is 2.63. The highest BCUT2D eigenvalue weighted by molar-refractivity contribution is 5.95. The summed E-state index contributed by atoms with van der Waals surface area (Å²) in [6, 6.07) is 6.64. The molecule has 1 fully saturated rings. The van der Waals surface area contributed by atoms with Gasteiger partial charge in [-0.25, -0.2) is 0 Å². The maximum absolute atomic E-state index is 12.5. The molecule has 2 atom stereocenters. The summed E-state index contributed by atoms with van der Waals surface area (Å²) < 4.78 is 0. The van der Waals surface area contributed by atoms with Gasteiger partial charge in [-0.15, -0.1) is 0 Å². The lowest BCUT2D eigenvalue weighted by Crippen LogP contribution is -2.42. The SMILES string of the molecule is CN(C(=O)C1CCCCCC1N)c1ccc(O)cc1. The maximum atomic E-state index is 12.5. The van der Waals surface area contributed by atoms with E-state index in [1.807, 2.05) is 0 Å². The number of phenols is 1. The predicted molar refractivity (Wildman–Crippen MR) is 76.1 cm³/mol. The van der Waals surface area contributed by atoms with Crippen molar-refractivity contribution in [1.82, 2.24) is 0 Å². The van der Waals surface area contributed by atoms with Crippen LogP contribution in [0.15, 0.2) is 24.3 Å². The van der Waals surface area contributed by atoms with Gasteiger partial charge >= 0.3 is 0 Å². The van der Waals surface area contributed by atoms with Crippen LogP contribution >= 0.6 is 0 Å². The van der Waals surface area contributed by atoms with Gasteiger partial charge in [-0.3, -0.25) is 4.79 Å². The summed E-state index contributed by atoms with van der Waals surface area (Å²) in [7, 11) is 1.77. The third-order valence-electron chi connectivity index (χ3n) is 3.95. The summed E-state index contributed by atoms with van der Waals surface area (Å²) in [5, 5.41) is 9.28. The van der Waals surface area contributed by atoms with Crippen molar-refractivity contribution in [3.8, 4) is 5.75 Å². The van der Waals surface area contributed by atoms with E-state index in [1.165, 1.54) is 6.42 Å². The minimum atomic E-state index is -0.0821. The van der Waals surface area contributed by atoms with Gasteiger partial charge in [-0.1, -0.05) is 19.3 Å². The van der Waals surface area contributed by atoms with Crippen LogP contribution in [0.25, 0.3) is 0 Å². The van der Waals surface area contributed by atoms with Crippen molar-refractivity contribution in [2.75, 3.05) is 11.9 Å². The highest BCUT2D eigenvalue weighted by Gasteiger charge is 2.29. The Bertz CT molecular complexity index is 430. The second-order valence-corrected chi connectivity index (χ2v) is 5.32. The Balaban J connectivity index is 2.11. The second-order valence-electron chi connectivity index (χ2n) is 5.32. The Morgan fingerprint density at radius 3 is 2.53 bits per heavy atom. The first kappa shape index (κ1) is 13.9. The first-order valence-corrected chi connectivity index (χ1v) is 6.92.